The maximum Gasteiger partial charge on any atom is 0.157 e. The molecule has 4 rings (SSSR count). The quantitative estimate of drug-likeness (QED) is 0.895. The Bertz CT molecular complexity index is 659. The largest absolute Gasteiger partial charge is 0.370 e. The highest BCUT2D eigenvalue weighted by molar-refractivity contribution is 5.75. The zero-order valence-corrected chi connectivity index (χ0v) is 12.6. The fourth-order valence-corrected chi connectivity index (χ4v) is 3.57. The summed E-state index contributed by atoms with van der Waals surface area (Å²) in [6.45, 7) is 2.62. The molecular formula is C16H21FN4O. The van der Waals surface area contributed by atoms with E-state index in [1.165, 1.54) is 6.20 Å². The Hall–Kier alpha value is -1.53. The molecule has 2 aliphatic rings. The van der Waals surface area contributed by atoms with E-state index < -0.39 is 0 Å². The number of fused-ring (bicyclic) bond motifs is 1. The smallest absolute Gasteiger partial charge is 0.157 e. The van der Waals surface area contributed by atoms with Crippen molar-refractivity contribution in [3.05, 3.63) is 23.4 Å². The Kier molecular flexibility index (Phi) is 3.80. The highest BCUT2D eigenvalue weighted by atomic mass is 19.1. The van der Waals surface area contributed by atoms with E-state index in [2.05, 4.69) is 20.3 Å². The summed E-state index contributed by atoms with van der Waals surface area (Å²) >= 11 is 0. The van der Waals surface area contributed by atoms with Crippen LogP contribution in [0.25, 0.3) is 11.2 Å². The number of imidazole rings is 1. The van der Waals surface area contributed by atoms with E-state index in [0.29, 0.717) is 11.2 Å². The van der Waals surface area contributed by atoms with Crippen LogP contribution in [-0.4, -0.2) is 34.6 Å². The first-order chi connectivity index (χ1) is 10.8. The summed E-state index contributed by atoms with van der Waals surface area (Å²) < 4.78 is 20.2. The molecule has 4 heterocycles. The lowest BCUT2D eigenvalue weighted by molar-refractivity contribution is 0.0101. The van der Waals surface area contributed by atoms with Crippen LogP contribution < -0.4 is 5.32 Å². The van der Waals surface area contributed by atoms with Gasteiger partial charge in [-0.25, -0.2) is 14.4 Å². The third-order valence-corrected chi connectivity index (χ3v) is 4.75. The Morgan fingerprint density at radius 2 is 2.05 bits per heavy atom. The number of nitrogens with zero attached hydrogens (tertiary/aromatic N) is 2. The Morgan fingerprint density at radius 3 is 2.82 bits per heavy atom. The molecule has 1 unspecified atom stereocenters. The molecule has 2 N–H and O–H groups in total. The van der Waals surface area contributed by atoms with Gasteiger partial charge in [0, 0.05) is 12.2 Å². The number of piperidine rings is 1. The Balaban J connectivity index is 1.74. The van der Waals surface area contributed by atoms with Crippen molar-refractivity contribution in [1.82, 2.24) is 20.3 Å². The summed E-state index contributed by atoms with van der Waals surface area (Å²) in [4.78, 5) is 12.1. The molecule has 2 aromatic heterocycles. The van der Waals surface area contributed by atoms with Gasteiger partial charge in [0.15, 0.2) is 5.65 Å². The third-order valence-electron chi connectivity index (χ3n) is 4.75. The molecule has 22 heavy (non-hydrogen) atoms. The van der Waals surface area contributed by atoms with E-state index in [0.717, 1.165) is 63.2 Å². The second-order valence-electron chi connectivity index (χ2n) is 6.22. The molecule has 2 fully saturated rings. The zero-order valence-electron chi connectivity index (χ0n) is 12.6. The second-order valence-corrected chi connectivity index (χ2v) is 6.22. The molecule has 0 amide bonds. The molecule has 0 aromatic carbocycles. The topological polar surface area (TPSA) is 62.8 Å². The molecule has 118 valence electrons. The van der Waals surface area contributed by atoms with Crippen molar-refractivity contribution < 1.29 is 9.13 Å². The number of aromatic nitrogens is 3. The minimum atomic E-state index is -0.234. The van der Waals surface area contributed by atoms with Crippen molar-refractivity contribution in [2.24, 2.45) is 0 Å². The number of hydrogen-bond donors (Lipinski definition) is 2. The lowest BCUT2D eigenvalue weighted by Gasteiger charge is -2.23. The minimum Gasteiger partial charge on any atom is -0.370 e. The number of nitrogens with one attached hydrogen (secondary N) is 2. The maximum atomic E-state index is 14.4. The number of pyridine rings is 1. The number of aromatic amines is 1. The van der Waals surface area contributed by atoms with Gasteiger partial charge in [-0.3, -0.25) is 0 Å². The summed E-state index contributed by atoms with van der Waals surface area (Å²) in [5.74, 6) is 0.778. The second kappa shape index (κ2) is 5.93. The van der Waals surface area contributed by atoms with Crippen LogP contribution in [0.3, 0.4) is 0 Å². The van der Waals surface area contributed by atoms with Crippen LogP contribution in [0.2, 0.25) is 0 Å². The average molecular weight is 304 g/mol. The molecule has 5 nitrogen and oxygen atoms in total. The molecule has 2 saturated heterocycles. The molecule has 0 aliphatic carbocycles. The number of ether oxygens (including phenoxy) is 1. The van der Waals surface area contributed by atoms with E-state index in [9.17, 15) is 4.39 Å². The number of halogens is 1. The standard InChI is InChI=1S/C16H21FN4O/c17-11-9-19-16-14(13(11)10-4-6-18-7-5-10)20-15(21-16)12-3-1-2-8-22-12/h9-10,12,18H,1-8H2,(H,19,20,21). The van der Waals surface area contributed by atoms with Gasteiger partial charge >= 0.3 is 0 Å². The van der Waals surface area contributed by atoms with Crippen LogP contribution >= 0.6 is 0 Å². The van der Waals surface area contributed by atoms with Crippen LogP contribution in [0.4, 0.5) is 4.39 Å². The van der Waals surface area contributed by atoms with Crippen molar-refractivity contribution >= 4 is 11.2 Å². The summed E-state index contributed by atoms with van der Waals surface area (Å²) in [6, 6.07) is 0. The highest BCUT2D eigenvalue weighted by Crippen LogP contribution is 2.34. The minimum absolute atomic E-state index is 0.00752. The number of rotatable bonds is 2. The van der Waals surface area contributed by atoms with Crippen molar-refractivity contribution in [2.75, 3.05) is 19.7 Å². The molecule has 2 aromatic rings. The summed E-state index contributed by atoms with van der Waals surface area (Å²) in [7, 11) is 0. The van der Waals surface area contributed by atoms with E-state index in [-0.39, 0.29) is 17.8 Å². The van der Waals surface area contributed by atoms with Crippen molar-refractivity contribution in [3.8, 4) is 0 Å². The monoisotopic (exact) mass is 304 g/mol. The van der Waals surface area contributed by atoms with Crippen LogP contribution in [0, 0.1) is 5.82 Å². The zero-order chi connectivity index (χ0) is 14.9. The molecule has 0 spiro atoms. The van der Waals surface area contributed by atoms with Crippen LogP contribution in [0.1, 0.15) is 55.5 Å². The van der Waals surface area contributed by atoms with Crippen molar-refractivity contribution in [2.45, 2.75) is 44.1 Å². The van der Waals surface area contributed by atoms with E-state index >= 15 is 0 Å². The summed E-state index contributed by atoms with van der Waals surface area (Å²) in [5, 5.41) is 3.32. The van der Waals surface area contributed by atoms with Crippen molar-refractivity contribution in [3.63, 3.8) is 0 Å². The van der Waals surface area contributed by atoms with Crippen LogP contribution in [0.15, 0.2) is 6.20 Å². The maximum absolute atomic E-state index is 14.4. The third kappa shape index (κ3) is 2.50. The lowest BCUT2D eigenvalue weighted by Crippen LogP contribution is -2.27. The molecular weight excluding hydrogens is 283 g/mol. The average Bonchev–Trinajstić information content (AvgIpc) is 3.00. The summed E-state index contributed by atoms with van der Waals surface area (Å²) in [5.41, 5.74) is 2.10. The Labute approximate surface area is 128 Å². The normalized spacial score (nSPS) is 24.0. The van der Waals surface area contributed by atoms with Gasteiger partial charge in [0.25, 0.3) is 0 Å². The molecule has 1 atom stereocenters. The molecule has 0 saturated carbocycles. The number of H-pyrrole nitrogens is 1. The SMILES string of the molecule is Fc1cnc2[nH]c(C3CCCCO3)nc2c1C1CCNCC1. The predicted molar refractivity (Wildman–Crippen MR) is 81.2 cm³/mol. The van der Waals surface area contributed by atoms with E-state index in [1.54, 1.807) is 0 Å². The van der Waals surface area contributed by atoms with E-state index in [4.69, 9.17) is 4.74 Å². The highest BCUT2D eigenvalue weighted by Gasteiger charge is 2.26. The first kappa shape index (κ1) is 14.1. The number of hydrogen-bond acceptors (Lipinski definition) is 4. The van der Waals surface area contributed by atoms with Crippen molar-refractivity contribution in [1.29, 1.82) is 0 Å². The van der Waals surface area contributed by atoms with Gasteiger partial charge in [-0.15, -0.1) is 0 Å². The Morgan fingerprint density at radius 1 is 1.18 bits per heavy atom. The summed E-state index contributed by atoms with van der Waals surface area (Å²) in [6.07, 6.45) is 6.41. The molecule has 0 bridgehead atoms. The predicted octanol–water partition coefficient (Wildman–Crippen LogP) is 2.81. The van der Waals surface area contributed by atoms with Gasteiger partial charge in [0.05, 0.1) is 6.20 Å². The van der Waals surface area contributed by atoms with Crippen LogP contribution in [-0.2, 0) is 4.74 Å². The molecule has 2 aliphatic heterocycles. The van der Waals surface area contributed by atoms with E-state index in [1.807, 2.05) is 0 Å². The van der Waals surface area contributed by atoms with Gasteiger partial charge in [0.1, 0.15) is 23.3 Å². The van der Waals surface area contributed by atoms with Gasteiger partial charge in [-0.2, -0.15) is 0 Å². The lowest BCUT2D eigenvalue weighted by atomic mass is 9.90. The molecule has 6 heteroatoms. The fourth-order valence-electron chi connectivity index (χ4n) is 3.57. The van der Waals surface area contributed by atoms with Gasteiger partial charge in [-0.05, 0) is 51.1 Å². The fraction of sp³-hybridized carbons (Fsp3) is 0.625. The van der Waals surface area contributed by atoms with Gasteiger partial charge in [-0.1, -0.05) is 0 Å². The van der Waals surface area contributed by atoms with Gasteiger partial charge in [0.2, 0.25) is 0 Å². The molecule has 0 radical (unpaired) electrons. The van der Waals surface area contributed by atoms with Gasteiger partial charge < -0.3 is 15.0 Å². The van der Waals surface area contributed by atoms with Crippen LogP contribution in [0.5, 0.6) is 0 Å². The first-order valence-corrected chi connectivity index (χ1v) is 8.19. The first-order valence-electron chi connectivity index (χ1n) is 8.19.